The highest BCUT2D eigenvalue weighted by atomic mass is 19.4. The molecule has 4 nitrogen and oxygen atoms in total. The maximum Gasteiger partial charge on any atom is 0.416 e. The molecule has 1 amide bonds. The molecule has 0 atom stereocenters. The van der Waals surface area contributed by atoms with Gasteiger partial charge in [-0.25, -0.2) is 5.01 Å². The number of alkyl halides is 3. The Bertz CT molecular complexity index is 724. The molecule has 0 spiro atoms. The molecule has 0 fully saturated rings. The van der Waals surface area contributed by atoms with Crippen LogP contribution >= 0.6 is 0 Å². The molecule has 0 aromatic heterocycles. The van der Waals surface area contributed by atoms with Crippen LogP contribution in [0.25, 0.3) is 0 Å². The van der Waals surface area contributed by atoms with E-state index in [1.807, 2.05) is 0 Å². The molecule has 0 aliphatic carbocycles. The molecule has 23 heavy (non-hydrogen) atoms. The summed E-state index contributed by atoms with van der Waals surface area (Å²) in [5.41, 5.74) is 6.05. The Morgan fingerprint density at radius 2 is 1.74 bits per heavy atom. The van der Waals surface area contributed by atoms with E-state index < -0.39 is 17.6 Å². The number of benzene rings is 2. The first-order chi connectivity index (χ1) is 10.8. The number of anilines is 1. The maximum atomic E-state index is 12.5. The summed E-state index contributed by atoms with van der Waals surface area (Å²) in [7, 11) is 1.44. The molecule has 0 bridgehead atoms. The first kappa shape index (κ1) is 16.5. The third-order valence-electron chi connectivity index (χ3n) is 3.10. The number of nitrogen functional groups attached to an aromatic ring is 1. The number of carbonyl (C=O) groups excluding carboxylic acids is 1. The molecule has 2 rings (SSSR count). The number of hydrazone groups is 1. The number of nitrogens with two attached hydrogens (primary N) is 1. The number of hydrogen-bond donors (Lipinski definition) is 1. The Kier molecular flexibility index (Phi) is 4.68. The van der Waals surface area contributed by atoms with Crippen molar-refractivity contribution in [2.24, 2.45) is 5.10 Å². The van der Waals surface area contributed by atoms with Gasteiger partial charge in [-0.15, -0.1) is 0 Å². The molecule has 2 aromatic rings. The van der Waals surface area contributed by atoms with E-state index in [1.54, 1.807) is 24.3 Å². The van der Waals surface area contributed by atoms with E-state index in [0.29, 0.717) is 16.8 Å². The van der Waals surface area contributed by atoms with Crippen molar-refractivity contribution in [1.82, 2.24) is 5.01 Å². The number of carbonyl (C=O) groups is 1. The van der Waals surface area contributed by atoms with Crippen LogP contribution in [-0.4, -0.2) is 24.2 Å². The van der Waals surface area contributed by atoms with E-state index in [9.17, 15) is 18.0 Å². The molecule has 7 heteroatoms. The van der Waals surface area contributed by atoms with Crippen molar-refractivity contribution in [3.8, 4) is 0 Å². The second-order valence-electron chi connectivity index (χ2n) is 4.78. The number of nitrogens with zero attached hydrogens (tertiary/aromatic N) is 2. The quantitative estimate of drug-likeness (QED) is 0.535. The van der Waals surface area contributed by atoms with E-state index in [4.69, 9.17) is 5.73 Å². The molecule has 0 aliphatic rings. The van der Waals surface area contributed by atoms with Crippen LogP contribution in [0.5, 0.6) is 0 Å². The Morgan fingerprint density at radius 3 is 2.30 bits per heavy atom. The van der Waals surface area contributed by atoms with Crippen molar-refractivity contribution in [1.29, 1.82) is 0 Å². The van der Waals surface area contributed by atoms with Gasteiger partial charge in [-0.2, -0.15) is 18.3 Å². The van der Waals surface area contributed by atoms with Gasteiger partial charge in [0.15, 0.2) is 0 Å². The molecule has 120 valence electrons. The zero-order chi connectivity index (χ0) is 17.0. The molecular formula is C16H14F3N3O. The zero-order valence-electron chi connectivity index (χ0n) is 12.2. The first-order valence-electron chi connectivity index (χ1n) is 6.63. The highest BCUT2D eigenvalue weighted by Gasteiger charge is 2.29. The number of halogens is 3. The lowest BCUT2D eigenvalue weighted by atomic mass is 10.1. The van der Waals surface area contributed by atoms with Gasteiger partial charge in [-0.05, 0) is 29.8 Å². The van der Waals surface area contributed by atoms with Crippen LogP contribution in [0, 0.1) is 0 Å². The standard InChI is InChI=1S/C16H14F3N3O/c1-22(15(23)13-4-2-3-5-14(13)20)21-10-11-6-8-12(9-7-11)16(17,18)19/h2-10H,20H2,1H3/b21-10+. The van der Waals surface area contributed by atoms with Crippen molar-refractivity contribution < 1.29 is 18.0 Å². The molecule has 2 N–H and O–H groups in total. The minimum absolute atomic E-state index is 0.305. The van der Waals surface area contributed by atoms with Crippen molar-refractivity contribution >= 4 is 17.8 Å². The van der Waals surface area contributed by atoms with Crippen molar-refractivity contribution in [2.45, 2.75) is 6.18 Å². The summed E-state index contributed by atoms with van der Waals surface area (Å²) in [6.45, 7) is 0. The summed E-state index contributed by atoms with van der Waals surface area (Å²) in [5.74, 6) is -0.411. The maximum absolute atomic E-state index is 12.5. The van der Waals surface area contributed by atoms with E-state index in [0.717, 1.165) is 17.1 Å². The third-order valence-corrected chi connectivity index (χ3v) is 3.10. The van der Waals surface area contributed by atoms with Gasteiger partial charge in [0, 0.05) is 12.7 Å². The van der Waals surface area contributed by atoms with E-state index in [1.165, 1.54) is 25.4 Å². The van der Waals surface area contributed by atoms with Crippen LogP contribution in [-0.2, 0) is 6.18 Å². The number of amides is 1. The predicted octanol–water partition coefficient (Wildman–Crippen LogP) is 3.39. The summed E-state index contributed by atoms with van der Waals surface area (Å²) in [6.07, 6.45) is -3.08. The number of hydrogen-bond acceptors (Lipinski definition) is 3. The SMILES string of the molecule is CN(/N=C/c1ccc(C(F)(F)F)cc1)C(=O)c1ccccc1N. The van der Waals surface area contributed by atoms with Gasteiger partial charge in [0.05, 0.1) is 17.3 Å². The monoisotopic (exact) mass is 321 g/mol. The zero-order valence-corrected chi connectivity index (χ0v) is 12.2. The molecule has 0 aliphatic heterocycles. The molecule has 0 saturated carbocycles. The summed E-state index contributed by atoms with van der Waals surface area (Å²) in [6, 6.07) is 11.0. The summed E-state index contributed by atoms with van der Waals surface area (Å²) < 4.78 is 37.4. The van der Waals surface area contributed by atoms with Crippen LogP contribution < -0.4 is 5.73 Å². The second kappa shape index (κ2) is 6.51. The normalized spacial score (nSPS) is 11.7. The topological polar surface area (TPSA) is 58.7 Å². The molecule has 0 heterocycles. The predicted molar refractivity (Wildman–Crippen MR) is 82.0 cm³/mol. The van der Waals surface area contributed by atoms with Crippen molar-refractivity contribution in [2.75, 3.05) is 12.8 Å². The van der Waals surface area contributed by atoms with Crippen LogP contribution in [0.2, 0.25) is 0 Å². The third kappa shape index (κ3) is 4.09. The van der Waals surface area contributed by atoms with Crippen LogP contribution in [0.4, 0.5) is 18.9 Å². The minimum Gasteiger partial charge on any atom is -0.398 e. The largest absolute Gasteiger partial charge is 0.416 e. The second-order valence-corrected chi connectivity index (χ2v) is 4.78. The van der Waals surface area contributed by atoms with Crippen LogP contribution in [0.3, 0.4) is 0 Å². The average molecular weight is 321 g/mol. The van der Waals surface area contributed by atoms with Crippen LogP contribution in [0.15, 0.2) is 53.6 Å². The van der Waals surface area contributed by atoms with Crippen LogP contribution in [0.1, 0.15) is 21.5 Å². The minimum atomic E-state index is -4.38. The van der Waals surface area contributed by atoms with Gasteiger partial charge >= 0.3 is 6.18 Å². The van der Waals surface area contributed by atoms with Gasteiger partial charge in [-0.3, -0.25) is 4.79 Å². The summed E-state index contributed by atoms with van der Waals surface area (Å²) >= 11 is 0. The van der Waals surface area contributed by atoms with Gasteiger partial charge in [0.2, 0.25) is 0 Å². The number of rotatable bonds is 3. The Morgan fingerprint density at radius 1 is 1.13 bits per heavy atom. The van der Waals surface area contributed by atoms with E-state index in [2.05, 4.69) is 5.10 Å². The van der Waals surface area contributed by atoms with Gasteiger partial charge in [0.25, 0.3) is 5.91 Å². The fourth-order valence-corrected chi connectivity index (χ4v) is 1.83. The highest BCUT2D eigenvalue weighted by Crippen LogP contribution is 2.28. The summed E-state index contributed by atoms with van der Waals surface area (Å²) in [5, 5.41) is 5.00. The van der Waals surface area contributed by atoms with Gasteiger partial charge in [0.1, 0.15) is 0 Å². The van der Waals surface area contributed by atoms with E-state index in [-0.39, 0.29) is 0 Å². The average Bonchev–Trinajstić information content (AvgIpc) is 2.52. The molecule has 0 saturated heterocycles. The fourth-order valence-electron chi connectivity index (χ4n) is 1.83. The Labute approximate surface area is 131 Å². The lowest BCUT2D eigenvalue weighted by molar-refractivity contribution is -0.137. The van der Waals surface area contributed by atoms with Crippen molar-refractivity contribution in [3.05, 3.63) is 65.2 Å². The number of para-hydroxylation sites is 1. The fraction of sp³-hybridized carbons (Fsp3) is 0.125. The first-order valence-corrected chi connectivity index (χ1v) is 6.63. The lowest BCUT2D eigenvalue weighted by Gasteiger charge is -2.12. The molecule has 0 unspecified atom stereocenters. The van der Waals surface area contributed by atoms with Crippen molar-refractivity contribution in [3.63, 3.8) is 0 Å². The summed E-state index contributed by atoms with van der Waals surface area (Å²) in [4.78, 5) is 12.2. The molecule has 2 aromatic carbocycles. The Hall–Kier alpha value is -2.83. The van der Waals surface area contributed by atoms with Gasteiger partial charge in [-0.1, -0.05) is 24.3 Å². The van der Waals surface area contributed by atoms with Gasteiger partial charge < -0.3 is 5.73 Å². The smallest absolute Gasteiger partial charge is 0.398 e. The Balaban J connectivity index is 2.11. The van der Waals surface area contributed by atoms with E-state index >= 15 is 0 Å². The molecule has 0 radical (unpaired) electrons. The highest BCUT2D eigenvalue weighted by molar-refractivity contribution is 5.99. The lowest BCUT2D eigenvalue weighted by Crippen LogP contribution is -2.22. The molecular weight excluding hydrogens is 307 g/mol.